The minimum absolute atomic E-state index is 0.118. The fourth-order valence-electron chi connectivity index (χ4n) is 1.52. The zero-order chi connectivity index (χ0) is 12.9. The number of hydrogen-bond donors (Lipinski definition) is 0. The maximum atomic E-state index is 12.0. The third-order valence-electron chi connectivity index (χ3n) is 2.49. The van der Waals surface area contributed by atoms with Crippen molar-refractivity contribution in [2.24, 2.45) is 0 Å². The first-order chi connectivity index (χ1) is 8.01. The lowest BCUT2D eigenvalue weighted by molar-refractivity contribution is 0.467. The van der Waals surface area contributed by atoms with Crippen LogP contribution in [0.3, 0.4) is 0 Å². The molecule has 1 rings (SSSR count). The predicted octanol–water partition coefficient (Wildman–Crippen LogP) is 1.73. The Morgan fingerprint density at radius 2 is 2.00 bits per heavy atom. The third kappa shape index (κ3) is 3.55. The standard InChI is InChI=1S/C12H16N2O2S/c1-3-8-14(2)17(15,16)10-12-7-5-4-6-11(12)9-13/h4-7H,3,8,10H2,1-2H3. The largest absolute Gasteiger partial charge is 0.218 e. The summed E-state index contributed by atoms with van der Waals surface area (Å²) >= 11 is 0. The molecule has 0 aliphatic heterocycles. The second-order valence-electron chi connectivity index (χ2n) is 3.85. The van der Waals surface area contributed by atoms with Gasteiger partial charge in [-0.1, -0.05) is 25.1 Å². The summed E-state index contributed by atoms with van der Waals surface area (Å²) in [4.78, 5) is 0. The molecule has 0 spiro atoms. The van der Waals surface area contributed by atoms with Crippen LogP contribution in [0, 0.1) is 11.3 Å². The van der Waals surface area contributed by atoms with Crippen molar-refractivity contribution in [3.05, 3.63) is 35.4 Å². The molecule has 4 nitrogen and oxygen atoms in total. The monoisotopic (exact) mass is 252 g/mol. The van der Waals surface area contributed by atoms with E-state index in [1.165, 1.54) is 4.31 Å². The first-order valence-corrected chi connectivity index (χ1v) is 7.04. The summed E-state index contributed by atoms with van der Waals surface area (Å²) in [6, 6.07) is 8.78. The molecule has 0 heterocycles. The van der Waals surface area contributed by atoms with E-state index in [9.17, 15) is 8.42 Å². The van der Waals surface area contributed by atoms with Crippen LogP contribution in [0.1, 0.15) is 24.5 Å². The summed E-state index contributed by atoms with van der Waals surface area (Å²) < 4.78 is 25.3. The molecule has 0 aromatic heterocycles. The van der Waals surface area contributed by atoms with Crippen LogP contribution in [-0.2, 0) is 15.8 Å². The topological polar surface area (TPSA) is 61.2 Å². The lowest BCUT2D eigenvalue weighted by Crippen LogP contribution is -2.29. The molecule has 0 fully saturated rings. The van der Waals surface area contributed by atoms with Crippen LogP contribution in [0.15, 0.2) is 24.3 Å². The molecule has 0 N–H and O–H groups in total. The summed E-state index contributed by atoms with van der Waals surface area (Å²) in [5.41, 5.74) is 0.971. The Labute approximate surface area is 103 Å². The van der Waals surface area contributed by atoms with Gasteiger partial charge >= 0.3 is 0 Å². The molecule has 92 valence electrons. The second kappa shape index (κ2) is 5.80. The highest BCUT2D eigenvalue weighted by Gasteiger charge is 2.19. The van der Waals surface area contributed by atoms with Gasteiger partial charge in [0.25, 0.3) is 0 Å². The predicted molar refractivity (Wildman–Crippen MR) is 66.7 cm³/mol. The Morgan fingerprint density at radius 3 is 2.59 bits per heavy atom. The average Bonchev–Trinajstić information content (AvgIpc) is 2.29. The molecule has 0 bridgehead atoms. The summed E-state index contributed by atoms with van der Waals surface area (Å²) in [5.74, 6) is -0.118. The van der Waals surface area contributed by atoms with Crippen molar-refractivity contribution in [2.75, 3.05) is 13.6 Å². The molecule has 0 aliphatic carbocycles. The van der Waals surface area contributed by atoms with Crippen LogP contribution in [0.4, 0.5) is 0 Å². The van der Waals surface area contributed by atoms with Crippen molar-refractivity contribution in [3.8, 4) is 6.07 Å². The number of nitriles is 1. The van der Waals surface area contributed by atoms with E-state index in [4.69, 9.17) is 5.26 Å². The Hall–Kier alpha value is -1.38. The molecular formula is C12H16N2O2S. The van der Waals surface area contributed by atoms with Gasteiger partial charge in [-0.2, -0.15) is 5.26 Å². The zero-order valence-electron chi connectivity index (χ0n) is 10.0. The van der Waals surface area contributed by atoms with Gasteiger partial charge in [-0.15, -0.1) is 0 Å². The van der Waals surface area contributed by atoms with Crippen molar-refractivity contribution in [3.63, 3.8) is 0 Å². The van der Waals surface area contributed by atoms with Crippen molar-refractivity contribution in [1.82, 2.24) is 4.31 Å². The fourth-order valence-corrected chi connectivity index (χ4v) is 2.84. The van der Waals surface area contributed by atoms with Crippen LogP contribution in [0.2, 0.25) is 0 Å². The van der Waals surface area contributed by atoms with E-state index < -0.39 is 10.0 Å². The van der Waals surface area contributed by atoms with Gasteiger partial charge in [-0.3, -0.25) is 0 Å². The number of rotatable bonds is 5. The van der Waals surface area contributed by atoms with Crippen molar-refractivity contribution >= 4 is 10.0 Å². The van der Waals surface area contributed by atoms with E-state index in [1.807, 2.05) is 13.0 Å². The van der Waals surface area contributed by atoms with E-state index in [0.29, 0.717) is 17.7 Å². The van der Waals surface area contributed by atoms with Crippen LogP contribution in [0.25, 0.3) is 0 Å². The van der Waals surface area contributed by atoms with Crippen LogP contribution >= 0.6 is 0 Å². The second-order valence-corrected chi connectivity index (χ2v) is 5.92. The molecular weight excluding hydrogens is 236 g/mol. The van der Waals surface area contributed by atoms with Gasteiger partial charge in [0, 0.05) is 13.6 Å². The van der Waals surface area contributed by atoms with E-state index in [0.717, 1.165) is 6.42 Å². The Balaban J connectivity index is 2.95. The van der Waals surface area contributed by atoms with Crippen molar-refractivity contribution in [1.29, 1.82) is 5.26 Å². The summed E-state index contributed by atoms with van der Waals surface area (Å²) in [6.07, 6.45) is 0.773. The van der Waals surface area contributed by atoms with Crippen molar-refractivity contribution < 1.29 is 8.42 Å². The number of sulfonamides is 1. The average molecular weight is 252 g/mol. The van der Waals surface area contributed by atoms with Gasteiger partial charge in [0.2, 0.25) is 10.0 Å². The van der Waals surface area contributed by atoms with Gasteiger partial charge in [0.1, 0.15) is 0 Å². The molecule has 0 aliphatic rings. The first kappa shape index (κ1) is 13.7. The van der Waals surface area contributed by atoms with E-state index in [2.05, 4.69) is 0 Å². The van der Waals surface area contributed by atoms with E-state index >= 15 is 0 Å². The van der Waals surface area contributed by atoms with Gasteiger partial charge < -0.3 is 0 Å². The van der Waals surface area contributed by atoms with E-state index in [-0.39, 0.29) is 5.75 Å². The maximum absolute atomic E-state index is 12.0. The highest BCUT2D eigenvalue weighted by Crippen LogP contribution is 2.13. The third-order valence-corrected chi connectivity index (χ3v) is 4.30. The minimum Gasteiger partial charge on any atom is -0.212 e. The molecule has 1 aromatic carbocycles. The quantitative estimate of drug-likeness (QED) is 0.801. The molecule has 0 saturated carbocycles. The molecule has 5 heteroatoms. The normalized spacial score (nSPS) is 11.4. The zero-order valence-corrected chi connectivity index (χ0v) is 10.9. The highest BCUT2D eigenvalue weighted by molar-refractivity contribution is 7.88. The van der Waals surface area contributed by atoms with Crippen LogP contribution in [0.5, 0.6) is 0 Å². The minimum atomic E-state index is -3.33. The summed E-state index contributed by atoms with van der Waals surface area (Å²) in [5, 5.41) is 8.90. The summed E-state index contributed by atoms with van der Waals surface area (Å²) in [7, 11) is -1.76. The van der Waals surface area contributed by atoms with Crippen LogP contribution < -0.4 is 0 Å². The maximum Gasteiger partial charge on any atom is 0.218 e. The lowest BCUT2D eigenvalue weighted by atomic mass is 10.1. The van der Waals surface area contributed by atoms with Gasteiger partial charge in [0.15, 0.2) is 0 Å². The fraction of sp³-hybridized carbons (Fsp3) is 0.417. The number of hydrogen-bond acceptors (Lipinski definition) is 3. The van der Waals surface area contributed by atoms with Gasteiger partial charge in [-0.25, -0.2) is 12.7 Å². The molecule has 17 heavy (non-hydrogen) atoms. The van der Waals surface area contributed by atoms with Gasteiger partial charge in [-0.05, 0) is 18.1 Å². The number of nitrogens with zero attached hydrogens (tertiary/aromatic N) is 2. The molecule has 0 radical (unpaired) electrons. The SMILES string of the molecule is CCCN(C)S(=O)(=O)Cc1ccccc1C#N. The Morgan fingerprint density at radius 1 is 1.35 bits per heavy atom. The molecule has 0 saturated heterocycles. The smallest absolute Gasteiger partial charge is 0.212 e. The molecule has 1 aromatic rings. The Bertz CT molecular complexity index is 518. The lowest BCUT2D eigenvalue weighted by Gasteiger charge is -2.16. The number of benzene rings is 1. The Kier molecular flexibility index (Phi) is 4.67. The van der Waals surface area contributed by atoms with E-state index in [1.54, 1.807) is 31.3 Å². The molecule has 0 atom stereocenters. The van der Waals surface area contributed by atoms with Crippen molar-refractivity contribution in [2.45, 2.75) is 19.1 Å². The summed E-state index contributed by atoms with van der Waals surface area (Å²) in [6.45, 7) is 2.42. The first-order valence-electron chi connectivity index (χ1n) is 5.43. The molecule has 0 unspecified atom stereocenters. The molecule has 0 amide bonds. The van der Waals surface area contributed by atoms with Crippen LogP contribution in [-0.4, -0.2) is 26.3 Å². The highest BCUT2D eigenvalue weighted by atomic mass is 32.2. The van der Waals surface area contributed by atoms with Gasteiger partial charge in [0.05, 0.1) is 17.4 Å².